The summed E-state index contributed by atoms with van der Waals surface area (Å²) in [4.78, 5) is 1.70. The summed E-state index contributed by atoms with van der Waals surface area (Å²) in [6, 6.07) is 12.2. The van der Waals surface area contributed by atoms with Crippen LogP contribution in [0.2, 0.25) is 5.02 Å². The molecular formula is C12H10BrClS. The predicted octanol–water partition coefficient (Wildman–Crippen LogP) is 5.08. The molecule has 1 aromatic carbocycles. The van der Waals surface area contributed by atoms with Crippen LogP contribution in [-0.2, 0) is 6.42 Å². The third-order valence-electron chi connectivity index (χ3n) is 2.21. The van der Waals surface area contributed by atoms with Gasteiger partial charge < -0.3 is 0 Å². The molecule has 1 heterocycles. The molecule has 0 fully saturated rings. The second-order valence-corrected chi connectivity index (χ2v) is 5.77. The third-order valence-corrected chi connectivity index (χ3v) is 4.68. The summed E-state index contributed by atoms with van der Waals surface area (Å²) in [5, 5.41) is 2.94. The van der Waals surface area contributed by atoms with Crippen LogP contribution in [0.15, 0.2) is 41.8 Å². The first-order valence-corrected chi connectivity index (χ1v) is 6.85. The molecule has 0 aliphatic carbocycles. The average Bonchev–Trinajstić information content (AvgIpc) is 2.74. The van der Waals surface area contributed by atoms with Crippen molar-refractivity contribution in [3.63, 3.8) is 0 Å². The first kappa shape index (κ1) is 11.2. The second kappa shape index (κ2) is 5.15. The molecule has 0 N–H and O–H groups in total. The Balaban J connectivity index is 2.13. The molecule has 1 aromatic heterocycles. The highest BCUT2D eigenvalue weighted by Crippen LogP contribution is 2.32. The molecule has 2 aromatic rings. The van der Waals surface area contributed by atoms with Gasteiger partial charge in [0, 0.05) is 9.90 Å². The van der Waals surface area contributed by atoms with E-state index in [9.17, 15) is 0 Å². The number of hydrogen-bond acceptors (Lipinski definition) is 1. The maximum atomic E-state index is 6.11. The van der Waals surface area contributed by atoms with Crippen LogP contribution in [0.25, 0.3) is 0 Å². The molecule has 2 rings (SSSR count). The van der Waals surface area contributed by atoms with Gasteiger partial charge in [0.05, 0.1) is 4.83 Å². The van der Waals surface area contributed by atoms with Crippen LogP contribution in [0, 0.1) is 0 Å². The molecule has 0 bridgehead atoms. The zero-order valence-electron chi connectivity index (χ0n) is 7.99. The number of hydrogen-bond donors (Lipinski definition) is 0. The van der Waals surface area contributed by atoms with Gasteiger partial charge in [0.15, 0.2) is 0 Å². The Hall–Kier alpha value is -0.310. The molecule has 0 amide bonds. The van der Waals surface area contributed by atoms with Crippen molar-refractivity contribution >= 4 is 38.9 Å². The lowest BCUT2D eigenvalue weighted by atomic mass is 10.1. The Bertz CT molecular complexity index is 425. The summed E-state index contributed by atoms with van der Waals surface area (Å²) < 4.78 is 0. The Morgan fingerprint density at radius 1 is 1.20 bits per heavy atom. The van der Waals surface area contributed by atoms with E-state index >= 15 is 0 Å². The molecule has 1 unspecified atom stereocenters. The monoisotopic (exact) mass is 300 g/mol. The standard InChI is InChI=1S/C12H10BrClS/c13-10(12-6-3-7-15-12)8-9-4-1-2-5-11(9)14/h1-7,10H,8H2. The van der Waals surface area contributed by atoms with Gasteiger partial charge in [-0.1, -0.05) is 51.8 Å². The number of benzene rings is 1. The van der Waals surface area contributed by atoms with Crippen LogP contribution >= 0.6 is 38.9 Å². The van der Waals surface area contributed by atoms with Crippen molar-refractivity contribution in [2.45, 2.75) is 11.2 Å². The SMILES string of the molecule is Clc1ccccc1CC(Br)c1cccs1. The molecule has 3 heteroatoms. The minimum Gasteiger partial charge on any atom is -0.148 e. The summed E-state index contributed by atoms with van der Waals surface area (Å²) in [7, 11) is 0. The normalized spacial score (nSPS) is 12.7. The number of halogens is 2. The highest BCUT2D eigenvalue weighted by atomic mass is 79.9. The zero-order chi connectivity index (χ0) is 10.7. The first-order chi connectivity index (χ1) is 7.27. The Morgan fingerprint density at radius 2 is 2.00 bits per heavy atom. The van der Waals surface area contributed by atoms with E-state index in [1.165, 1.54) is 10.4 Å². The molecule has 0 saturated carbocycles. The van der Waals surface area contributed by atoms with Crippen LogP contribution in [0.3, 0.4) is 0 Å². The van der Waals surface area contributed by atoms with Gasteiger partial charge in [-0.3, -0.25) is 0 Å². The number of rotatable bonds is 3. The lowest BCUT2D eigenvalue weighted by Crippen LogP contribution is -1.93. The first-order valence-electron chi connectivity index (χ1n) is 4.68. The van der Waals surface area contributed by atoms with Crippen molar-refractivity contribution in [2.24, 2.45) is 0 Å². The fraction of sp³-hybridized carbons (Fsp3) is 0.167. The molecule has 0 aliphatic heterocycles. The molecule has 0 nitrogen and oxygen atoms in total. The maximum absolute atomic E-state index is 6.11. The largest absolute Gasteiger partial charge is 0.148 e. The van der Waals surface area contributed by atoms with Crippen LogP contribution in [0.5, 0.6) is 0 Å². The maximum Gasteiger partial charge on any atom is 0.0529 e. The number of alkyl halides is 1. The summed E-state index contributed by atoms with van der Waals surface area (Å²) in [6.45, 7) is 0. The van der Waals surface area contributed by atoms with Gasteiger partial charge in [0.25, 0.3) is 0 Å². The highest BCUT2D eigenvalue weighted by molar-refractivity contribution is 9.09. The van der Waals surface area contributed by atoms with Crippen LogP contribution < -0.4 is 0 Å². The topological polar surface area (TPSA) is 0 Å². The summed E-state index contributed by atoms with van der Waals surface area (Å²) in [6.07, 6.45) is 0.931. The van der Waals surface area contributed by atoms with Gasteiger partial charge in [-0.05, 0) is 29.5 Å². The summed E-state index contributed by atoms with van der Waals surface area (Å²) in [5.74, 6) is 0. The van der Waals surface area contributed by atoms with Crippen molar-refractivity contribution in [1.29, 1.82) is 0 Å². The van der Waals surface area contributed by atoms with Crippen LogP contribution in [0.4, 0.5) is 0 Å². The molecule has 0 aliphatic rings. The number of thiophene rings is 1. The molecule has 0 radical (unpaired) electrons. The molecule has 0 saturated heterocycles. The zero-order valence-corrected chi connectivity index (χ0v) is 11.1. The highest BCUT2D eigenvalue weighted by Gasteiger charge is 2.10. The van der Waals surface area contributed by atoms with Crippen molar-refractivity contribution < 1.29 is 0 Å². The molecule has 1 atom stereocenters. The van der Waals surface area contributed by atoms with Gasteiger partial charge in [-0.15, -0.1) is 11.3 Å². The van der Waals surface area contributed by atoms with Crippen LogP contribution in [0.1, 0.15) is 15.3 Å². The lowest BCUT2D eigenvalue weighted by molar-refractivity contribution is 0.970. The second-order valence-electron chi connectivity index (χ2n) is 3.28. The van der Waals surface area contributed by atoms with E-state index in [1.54, 1.807) is 11.3 Å². The fourth-order valence-corrected chi connectivity index (χ4v) is 3.17. The van der Waals surface area contributed by atoms with E-state index in [2.05, 4.69) is 39.5 Å². The van der Waals surface area contributed by atoms with E-state index < -0.39 is 0 Å². The van der Waals surface area contributed by atoms with E-state index in [-0.39, 0.29) is 0 Å². The van der Waals surface area contributed by atoms with E-state index in [0.29, 0.717) is 4.83 Å². The fourth-order valence-electron chi connectivity index (χ4n) is 1.43. The van der Waals surface area contributed by atoms with Gasteiger partial charge in [0.2, 0.25) is 0 Å². The van der Waals surface area contributed by atoms with Gasteiger partial charge >= 0.3 is 0 Å². The predicted molar refractivity (Wildman–Crippen MR) is 71.1 cm³/mol. The molecule has 15 heavy (non-hydrogen) atoms. The van der Waals surface area contributed by atoms with Gasteiger partial charge in [0.1, 0.15) is 0 Å². The Kier molecular flexibility index (Phi) is 3.84. The molecular weight excluding hydrogens is 292 g/mol. The Labute approximate surface area is 107 Å². The van der Waals surface area contributed by atoms with Crippen molar-refractivity contribution in [1.82, 2.24) is 0 Å². The van der Waals surface area contributed by atoms with Crippen molar-refractivity contribution in [3.05, 3.63) is 57.2 Å². The van der Waals surface area contributed by atoms with Crippen molar-refractivity contribution in [2.75, 3.05) is 0 Å². The average molecular weight is 302 g/mol. The van der Waals surface area contributed by atoms with E-state index in [1.807, 2.05) is 18.2 Å². The lowest BCUT2D eigenvalue weighted by Gasteiger charge is -2.08. The van der Waals surface area contributed by atoms with Crippen LogP contribution in [-0.4, -0.2) is 0 Å². The molecule has 0 spiro atoms. The van der Waals surface area contributed by atoms with Crippen molar-refractivity contribution in [3.8, 4) is 0 Å². The third kappa shape index (κ3) is 2.83. The minimum atomic E-state index is 0.359. The van der Waals surface area contributed by atoms with E-state index in [0.717, 1.165) is 11.4 Å². The molecule has 78 valence electrons. The summed E-state index contributed by atoms with van der Waals surface area (Å²) in [5.41, 5.74) is 1.19. The van der Waals surface area contributed by atoms with Gasteiger partial charge in [-0.2, -0.15) is 0 Å². The minimum absolute atomic E-state index is 0.359. The smallest absolute Gasteiger partial charge is 0.0529 e. The van der Waals surface area contributed by atoms with Gasteiger partial charge in [-0.25, -0.2) is 0 Å². The van der Waals surface area contributed by atoms with E-state index in [4.69, 9.17) is 11.6 Å². The summed E-state index contributed by atoms with van der Waals surface area (Å²) >= 11 is 11.6. The Morgan fingerprint density at radius 3 is 2.67 bits per heavy atom. The quantitative estimate of drug-likeness (QED) is 0.694.